The number of hydrogen-bond donors (Lipinski definition) is 2. The summed E-state index contributed by atoms with van der Waals surface area (Å²) in [6, 6.07) is 34.0. The highest BCUT2D eigenvalue weighted by Crippen LogP contribution is 2.17. The van der Waals surface area contributed by atoms with Gasteiger partial charge < -0.3 is 19.5 Å². The molecule has 4 rings (SSSR count). The van der Waals surface area contributed by atoms with E-state index in [-0.39, 0.29) is 11.0 Å². The van der Waals surface area contributed by atoms with E-state index in [0.29, 0.717) is 36.9 Å². The number of amides is 1. The van der Waals surface area contributed by atoms with Gasteiger partial charge in [0.15, 0.2) is 5.11 Å². The van der Waals surface area contributed by atoms with E-state index in [4.69, 9.17) is 26.4 Å². The lowest BCUT2D eigenvalue weighted by Gasteiger charge is -2.12. The fraction of sp³-hybridized carbons (Fsp3) is 0.133. The molecule has 0 spiro atoms. The van der Waals surface area contributed by atoms with Crippen LogP contribution in [0.4, 0.5) is 5.69 Å². The number of ether oxygens (including phenoxy) is 3. The van der Waals surface area contributed by atoms with Gasteiger partial charge in [0.05, 0.1) is 6.61 Å². The van der Waals surface area contributed by atoms with Crippen molar-refractivity contribution < 1.29 is 19.0 Å². The summed E-state index contributed by atoms with van der Waals surface area (Å²) >= 11 is 5.29. The summed E-state index contributed by atoms with van der Waals surface area (Å²) in [7, 11) is 0. The van der Waals surface area contributed by atoms with Crippen LogP contribution in [0.25, 0.3) is 0 Å². The van der Waals surface area contributed by atoms with Crippen molar-refractivity contribution in [2.75, 3.05) is 25.1 Å². The molecule has 0 aliphatic heterocycles. The zero-order chi connectivity index (χ0) is 25.7. The van der Waals surface area contributed by atoms with Gasteiger partial charge in [-0.2, -0.15) is 0 Å². The molecule has 4 aromatic carbocycles. The second kappa shape index (κ2) is 13.7. The van der Waals surface area contributed by atoms with Crippen molar-refractivity contribution in [3.05, 3.63) is 120 Å². The minimum atomic E-state index is -0.299. The number of hydrogen-bond acceptors (Lipinski definition) is 5. The summed E-state index contributed by atoms with van der Waals surface area (Å²) in [6.07, 6.45) is 0.818. The Morgan fingerprint density at radius 3 is 1.76 bits per heavy atom. The minimum Gasteiger partial charge on any atom is -0.493 e. The van der Waals surface area contributed by atoms with Crippen LogP contribution in [0.3, 0.4) is 0 Å². The molecule has 0 aliphatic carbocycles. The van der Waals surface area contributed by atoms with Crippen LogP contribution in [0.15, 0.2) is 109 Å². The Morgan fingerprint density at radius 2 is 1.14 bits per heavy atom. The number of carbonyl (C=O) groups excluding carboxylic acids is 1. The van der Waals surface area contributed by atoms with E-state index >= 15 is 0 Å². The topological polar surface area (TPSA) is 68.8 Å². The van der Waals surface area contributed by atoms with Crippen molar-refractivity contribution in [1.82, 2.24) is 5.32 Å². The van der Waals surface area contributed by atoms with Crippen LogP contribution in [0, 0.1) is 0 Å². The third-order valence-corrected chi connectivity index (χ3v) is 5.53. The largest absolute Gasteiger partial charge is 0.493 e. The molecule has 0 saturated carbocycles. The van der Waals surface area contributed by atoms with Gasteiger partial charge in [-0.05, 0) is 78.4 Å². The van der Waals surface area contributed by atoms with E-state index in [0.717, 1.165) is 17.9 Å². The molecule has 0 aliphatic rings. The summed E-state index contributed by atoms with van der Waals surface area (Å²) in [5.74, 6) is 1.93. The first-order valence-corrected chi connectivity index (χ1v) is 12.4. The monoisotopic (exact) mass is 512 g/mol. The molecule has 0 heterocycles. The lowest BCUT2D eigenvalue weighted by molar-refractivity contribution is 0.0977. The quantitative estimate of drug-likeness (QED) is 0.193. The van der Waals surface area contributed by atoms with Gasteiger partial charge in [0.25, 0.3) is 5.91 Å². The van der Waals surface area contributed by atoms with Crippen LogP contribution in [0.2, 0.25) is 0 Å². The molecule has 2 N–H and O–H groups in total. The molecule has 0 radical (unpaired) electrons. The number of benzene rings is 4. The molecule has 0 fully saturated rings. The maximum absolute atomic E-state index is 12.5. The van der Waals surface area contributed by atoms with E-state index in [1.807, 2.05) is 72.8 Å². The summed E-state index contributed by atoms with van der Waals surface area (Å²) in [5.41, 5.74) is 2.44. The Labute approximate surface area is 222 Å². The highest BCUT2D eigenvalue weighted by Gasteiger charge is 2.09. The van der Waals surface area contributed by atoms with E-state index in [1.165, 1.54) is 5.56 Å². The predicted octanol–water partition coefficient (Wildman–Crippen LogP) is 5.89. The van der Waals surface area contributed by atoms with Gasteiger partial charge in [-0.1, -0.05) is 48.5 Å². The number of rotatable bonds is 11. The van der Waals surface area contributed by atoms with Crippen molar-refractivity contribution in [3.63, 3.8) is 0 Å². The third-order valence-electron chi connectivity index (χ3n) is 5.32. The van der Waals surface area contributed by atoms with Crippen LogP contribution in [0.5, 0.6) is 17.2 Å². The molecular formula is C30H28N2O4S. The van der Waals surface area contributed by atoms with Gasteiger partial charge in [0, 0.05) is 17.7 Å². The molecule has 37 heavy (non-hydrogen) atoms. The average molecular weight is 513 g/mol. The molecule has 0 bridgehead atoms. The molecule has 4 aromatic rings. The van der Waals surface area contributed by atoms with Crippen molar-refractivity contribution in [3.8, 4) is 17.2 Å². The fourth-order valence-corrected chi connectivity index (χ4v) is 3.65. The Kier molecular flexibility index (Phi) is 9.49. The third kappa shape index (κ3) is 8.66. The van der Waals surface area contributed by atoms with Gasteiger partial charge in [-0.25, -0.2) is 0 Å². The smallest absolute Gasteiger partial charge is 0.257 e. The van der Waals surface area contributed by atoms with E-state index in [1.54, 1.807) is 24.3 Å². The van der Waals surface area contributed by atoms with Crippen molar-refractivity contribution in [2.24, 2.45) is 0 Å². The molecule has 188 valence electrons. The second-order valence-electron chi connectivity index (χ2n) is 8.05. The summed E-state index contributed by atoms with van der Waals surface area (Å²) < 4.78 is 17.1. The highest BCUT2D eigenvalue weighted by molar-refractivity contribution is 7.80. The Morgan fingerprint density at radius 1 is 0.622 bits per heavy atom. The second-order valence-corrected chi connectivity index (χ2v) is 8.46. The highest BCUT2D eigenvalue weighted by atomic mass is 32.1. The molecule has 7 heteroatoms. The molecular weight excluding hydrogens is 484 g/mol. The molecule has 6 nitrogen and oxygen atoms in total. The van der Waals surface area contributed by atoms with Gasteiger partial charge >= 0.3 is 0 Å². The first kappa shape index (κ1) is 25.7. The Balaban J connectivity index is 1.16. The van der Waals surface area contributed by atoms with Crippen LogP contribution in [-0.4, -0.2) is 30.8 Å². The zero-order valence-electron chi connectivity index (χ0n) is 20.3. The summed E-state index contributed by atoms with van der Waals surface area (Å²) in [4.78, 5) is 12.5. The number of thiocarbonyl (C=S) groups is 1. The SMILES string of the molecule is O=C(NC(=S)Nc1ccc(OCCOc2ccccc2)cc1)c1ccc(OCCc2ccccc2)cc1. The maximum Gasteiger partial charge on any atom is 0.257 e. The molecule has 0 atom stereocenters. The molecule has 0 aromatic heterocycles. The molecule has 0 unspecified atom stereocenters. The van der Waals surface area contributed by atoms with Gasteiger partial charge in [-0.3, -0.25) is 10.1 Å². The van der Waals surface area contributed by atoms with Gasteiger partial charge in [0.2, 0.25) is 0 Å². The predicted molar refractivity (Wildman–Crippen MR) is 150 cm³/mol. The average Bonchev–Trinajstić information content (AvgIpc) is 2.93. The Hall–Kier alpha value is -4.36. The molecule has 1 amide bonds. The zero-order valence-corrected chi connectivity index (χ0v) is 21.1. The fourth-order valence-electron chi connectivity index (χ4n) is 3.44. The minimum absolute atomic E-state index is 0.207. The summed E-state index contributed by atoms with van der Waals surface area (Å²) in [6.45, 7) is 1.43. The normalized spacial score (nSPS) is 10.3. The standard InChI is InChI=1S/C30H28N2O4S/c33-29(24-11-15-27(16-12-24)34-20-19-23-7-3-1-4-8-23)32-30(37)31-25-13-17-28(18-14-25)36-22-21-35-26-9-5-2-6-10-26/h1-18H,19-22H2,(H2,31,32,33,37). The number of anilines is 1. The van der Waals surface area contributed by atoms with Crippen molar-refractivity contribution >= 4 is 28.9 Å². The molecule has 0 saturated heterocycles. The first-order chi connectivity index (χ1) is 18.2. The van der Waals surface area contributed by atoms with Crippen molar-refractivity contribution in [1.29, 1.82) is 0 Å². The van der Waals surface area contributed by atoms with Crippen LogP contribution in [0.1, 0.15) is 15.9 Å². The maximum atomic E-state index is 12.5. The van der Waals surface area contributed by atoms with E-state index in [2.05, 4.69) is 22.8 Å². The van der Waals surface area contributed by atoms with Crippen LogP contribution >= 0.6 is 12.2 Å². The Bertz CT molecular complexity index is 1260. The van der Waals surface area contributed by atoms with Crippen LogP contribution < -0.4 is 24.8 Å². The first-order valence-electron chi connectivity index (χ1n) is 12.0. The van der Waals surface area contributed by atoms with Gasteiger partial charge in [-0.15, -0.1) is 0 Å². The van der Waals surface area contributed by atoms with E-state index in [9.17, 15) is 4.79 Å². The van der Waals surface area contributed by atoms with Crippen molar-refractivity contribution in [2.45, 2.75) is 6.42 Å². The van der Waals surface area contributed by atoms with E-state index < -0.39 is 0 Å². The summed E-state index contributed by atoms with van der Waals surface area (Å²) in [5, 5.41) is 5.91. The lowest BCUT2D eigenvalue weighted by Crippen LogP contribution is -2.34. The van der Waals surface area contributed by atoms with Crippen LogP contribution in [-0.2, 0) is 6.42 Å². The lowest BCUT2D eigenvalue weighted by atomic mass is 10.2. The van der Waals surface area contributed by atoms with Gasteiger partial charge in [0.1, 0.15) is 30.5 Å². The number of nitrogens with one attached hydrogen (secondary N) is 2. The number of para-hydroxylation sites is 1. The number of carbonyl (C=O) groups is 1.